The van der Waals surface area contributed by atoms with Gasteiger partial charge in [-0.25, -0.2) is 16.8 Å². The molecule has 4 N–H and O–H groups in total. The molecule has 0 spiro atoms. The van der Waals surface area contributed by atoms with Crippen molar-refractivity contribution >= 4 is 31.0 Å². The molecule has 0 aliphatic carbocycles. The van der Waals surface area contributed by atoms with Crippen LogP contribution in [0.15, 0.2) is 64.4 Å². The van der Waals surface area contributed by atoms with Gasteiger partial charge in [-0.15, -0.1) is 0 Å². The molecular weight excluding hydrogens is 432 g/mol. The average Bonchev–Trinajstić information content (AvgIpc) is 2.69. The second-order valence-corrected chi connectivity index (χ2v) is 11.9. The third kappa shape index (κ3) is 5.26. The van der Waals surface area contributed by atoms with Crippen molar-refractivity contribution in [3.8, 4) is 0 Å². The largest absolute Gasteiger partial charge is 0.398 e. The highest BCUT2D eigenvalue weighted by Gasteiger charge is 2.15. The molecule has 0 saturated heterocycles. The predicted molar refractivity (Wildman–Crippen MR) is 125 cm³/mol. The Labute approximate surface area is 183 Å². The molecule has 164 valence electrons. The molecule has 0 amide bonds. The van der Waals surface area contributed by atoms with Crippen molar-refractivity contribution in [2.75, 3.05) is 24.0 Å². The van der Waals surface area contributed by atoms with Gasteiger partial charge in [-0.2, -0.15) is 0 Å². The van der Waals surface area contributed by atoms with Crippen molar-refractivity contribution < 1.29 is 16.8 Å². The van der Waals surface area contributed by atoms with Gasteiger partial charge in [-0.3, -0.25) is 0 Å². The molecule has 0 aromatic heterocycles. The standard InChI is InChI=1S/C23H26N2O4S2/c1-15-21(13-17-6-10-20(11-7-17)31(3,28)29)23(25)18(14-22(15)24)12-16-4-8-19(9-5-16)30(2,26)27/h4-11,14H,12-13,24-25H2,1-3H3. The maximum absolute atomic E-state index is 11.7. The molecule has 0 fully saturated rings. The zero-order valence-electron chi connectivity index (χ0n) is 17.7. The normalized spacial score (nSPS) is 12.1. The van der Waals surface area contributed by atoms with E-state index in [0.717, 1.165) is 27.8 Å². The second-order valence-electron chi connectivity index (χ2n) is 7.83. The lowest BCUT2D eigenvalue weighted by atomic mass is 9.92. The summed E-state index contributed by atoms with van der Waals surface area (Å²) in [5, 5.41) is 0. The van der Waals surface area contributed by atoms with E-state index in [2.05, 4.69) is 0 Å². The van der Waals surface area contributed by atoms with Crippen LogP contribution in [0.25, 0.3) is 0 Å². The quantitative estimate of drug-likeness (QED) is 0.548. The molecule has 0 atom stereocenters. The Hall–Kier alpha value is -2.84. The molecule has 0 heterocycles. The van der Waals surface area contributed by atoms with Gasteiger partial charge in [-0.1, -0.05) is 24.3 Å². The van der Waals surface area contributed by atoms with Gasteiger partial charge in [0.05, 0.1) is 9.79 Å². The van der Waals surface area contributed by atoms with Crippen molar-refractivity contribution in [1.82, 2.24) is 0 Å². The van der Waals surface area contributed by atoms with Crippen LogP contribution in [0.2, 0.25) is 0 Å². The number of hydrogen-bond acceptors (Lipinski definition) is 6. The molecule has 0 aliphatic rings. The molecule has 31 heavy (non-hydrogen) atoms. The molecule has 8 heteroatoms. The number of nitrogens with two attached hydrogens (primary N) is 2. The Balaban J connectivity index is 1.93. The predicted octanol–water partition coefficient (Wildman–Crippen LogP) is 3.15. The van der Waals surface area contributed by atoms with Crippen LogP contribution in [0.3, 0.4) is 0 Å². The Morgan fingerprint density at radius 3 is 1.55 bits per heavy atom. The van der Waals surface area contributed by atoms with Crippen molar-refractivity contribution in [1.29, 1.82) is 0 Å². The SMILES string of the molecule is Cc1c(N)cc(Cc2ccc(S(C)(=O)=O)cc2)c(N)c1Cc1ccc(S(C)(=O)=O)cc1. The van der Waals surface area contributed by atoms with Crippen LogP contribution >= 0.6 is 0 Å². The first-order valence-corrected chi connectivity index (χ1v) is 13.4. The number of hydrogen-bond donors (Lipinski definition) is 2. The summed E-state index contributed by atoms with van der Waals surface area (Å²) in [6.07, 6.45) is 3.39. The fourth-order valence-corrected chi connectivity index (χ4v) is 4.71. The molecule has 0 aliphatic heterocycles. The van der Waals surface area contributed by atoms with Gasteiger partial charge in [-0.05, 0) is 77.9 Å². The molecule has 0 unspecified atom stereocenters. The van der Waals surface area contributed by atoms with E-state index < -0.39 is 19.7 Å². The van der Waals surface area contributed by atoms with E-state index in [1.165, 1.54) is 12.5 Å². The van der Waals surface area contributed by atoms with Gasteiger partial charge in [0, 0.05) is 23.9 Å². The number of sulfone groups is 2. The molecule has 3 aromatic rings. The third-order valence-electron chi connectivity index (χ3n) is 5.36. The number of anilines is 2. The van der Waals surface area contributed by atoms with E-state index in [1.54, 1.807) is 48.5 Å². The second kappa shape index (κ2) is 8.36. The average molecular weight is 459 g/mol. The first-order chi connectivity index (χ1) is 14.4. The highest BCUT2D eigenvalue weighted by molar-refractivity contribution is 7.91. The van der Waals surface area contributed by atoms with E-state index in [-0.39, 0.29) is 9.79 Å². The smallest absolute Gasteiger partial charge is 0.175 e. The first-order valence-electron chi connectivity index (χ1n) is 9.60. The van der Waals surface area contributed by atoms with Crippen LogP contribution in [0.1, 0.15) is 27.8 Å². The monoisotopic (exact) mass is 458 g/mol. The summed E-state index contributed by atoms with van der Waals surface area (Å²) in [5.74, 6) is 0. The van der Waals surface area contributed by atoms with E-state index >= 15 is 0 Å². The fourth-order valence-electron chi connectivity index (χ4n) is 3.45. The minimum atomic E-state index is -3.25. The summed E-state index contributed by atoms with van der Waals surface area (Å²) in [7, 11) is -6.50. The topological polar surface area (TPSA) is 120 Å². The molecule has 0 bridgehead atoms. The van der Waals surface area contributed by atoms with Gasteiger partial charge in [0.15, 0.2) is 19.7 Å². The third-order valence-corrected chi connectivity index (χ3v) is 7.62. The lowest BCUT2D eigenvalue weighted by Gasteiger charge is -2.17. The van der Waals surface area contributed by atoms with Crippen molar-refractivity contribution in [2.45, 2.75) is 29.6 Å². The van der Waals surface area contributed by atoms with Gasteiger partial charge in [0.2, 0.25) is 0 Å². The zero-order chi connectivity index (χ0) is 23.0. The highest BCUT2D eigenvalue weighted by atomic mass is 32.2. The summed E-state index contributed by atoms with van der Waals surface area (Å²) in [6, 6.07) is 15.3. The Morgan fingerprint density at radius 1 is 0.710 bits per heavy atom. The zero-order valence-corrected chi connectivity index (χ0v) is 19.3. The van der Waals surface area contributed by atoms with Crippen LogP contribution in [-0.4, -0.2) is 29.3 Å². The summed E-state index contributed by atoms with van der Waals surface area (Å²) in [6.45, 7) is 1.91. The van der Waals surface area contributed by atoms with Crippen molar-refractivity contribution in [3.63, 3.8) is 0 Å². The highest BCUT2D eigenvalue weighted by Crippen LogP contribution is 2.31. The molecule has 0 radical (unpaired) electrons. The van der Waals surface area contributed by atoms with Crippen molar-refractivity contribution in [2.24, 2.45) is 0 Å². The van der Waals surface area contributed by atoms with E-state index in [9.17, 15) is 16.8 Å². The lowest BCUT2D eigenvalue weighted by molar-refractivity contribution is 0.600. The van der Waals surface area contributed by atoms with Gasteiger partial charge in [0.1, 0.15) is 0 Å². The van der Waals surface area contributed by atoms with Crippen LogP contribution in [0, 0.1) is 6.92 Å². The molecule has 6 nitrogen and oxygen atoms in total. The fraction of sp³-hybridized carbons (Fsp3) is 0.217. The summed E-state index contributed by atoms with van der Waals surface area (Å²) >= 11 is 0. The van der Waals surface area contributed by atoms with Gasteiger partial charge >= 0.3 is 0 Å². The maximum atomic E-state index is 11.7. The van der Waals surface area contributed by atoms with Crippen LogP contribution in [0.5, 0.6) is 0 Å². The van der Waals surface area contributed by atoms with E-state index in [1.807, 2.05) is 13.0 Å². The molecule has 3 rings (SSSR count). The van der Waals surface area contributed by atoms with Crippen LogP contribution in [-0.2, 0) is 32.5 Å². The Morgan fingerprint density at radius 2 is 1.13 bits per heavy atom. The maximum Gasteiger partial charge on any atom is 0.175 e. The minimum absolute atomic E-state index is 0.269. The summed E-state index contributed by atoms with van der Waals surface area (Å²) in [5.41, 5.74) is 18.5. The van der Waals surface area contributed by atoms with Crippen LogP contribution < -0.4 is 11.5 Å². The first kappa shape index (κ1) is 22.8. The molecule has 3 aromatic carbocycles. The van der Waals surface area contributed by atoms with Gasteiger partial charge < -0.3 is 11.5 Å². The van der Waals surface area contributed by atoms with E-state index in [0.29, 0.717) is 24.2 Å². The lowest BCUT2D eigenvalue weighted by Crippen LogP contribution is -2.07. The minimum Gasteiger partial charge on any atom is -0.398 e. The number of nitrogen functional groups attached to an aromatic ring is 2. The van der Waals surface area contributed by atoms with E-state index in [4.69, 9.17) is 11.5 Å². The molecular formula is C23H26N2O4S2. The number of rotatable bonds is 6. The summed E-state index contributed by atoms with van der Waals surface area (Å²) < 4.78 is 46.7. The van der Waals surface area contributed by atoms with Gasteiger partial charge in [0.25, 0.3) is 0 Å². The van der Waals surface area contributed by atoms with Crippen molar-refractivity contribution in [3.05, 3.63) is 82.4 Å². The van der Waals surface area contributed by atoms with Crippen LogP contribution in [0.4, 0.5) is 11.4 Å². The summed E-state index contributed by atoms with van der Waals surface area (Å²) in [4.78, 5) is 0.539. The molecule has 0 saturated carbocycles. The Kier molecular flexibility index (Phi) is 6.16. The number of benzene rings is 3. The Bertz CT molecular complexity index is 1330.